The van der Waals surface area contributed by atoms with E-state index < -0.39 is 17.7 Å². The number of aliphatic hydroxyl groups excluding tert-OH is 1. The zero-order valence-corrected chi connectivity index (χ0v) is 18.3. The molecular weight excluding hydrogens is 418 g/mol. The molecule has 31 heavy (non-hydrogen) atoms. The number of ether oxygens (including phenoxy) is 2. The van der Waals surface area contributed by atoms with E-state index in [1.807, 2.05) is 36.4 Å². The van der Waals surface area contributed by atoms with Crippen LogP contribution in [-0.4, -0.2) is 53.5 Å². The molecule has 1 aromatic carbocycles. The first-order valence-electron chi connectivity index (χ1n) is 10.6. The fourth-order valence-electron chi connectivity index (χ4n) is 4.34. The van der Waals surface area contributed by atoms with Crippen molar-refractivity contribution in [2.45, 2.75) is 50.0 Å². The lowest BCUT2D eigenvalue weighted by Crippen LogP contribution is -2.50. The van der Waals surface area contributed by atoms with Crippen molar-refractivity contribution in [1.29, 1.82) is 0 Å². The molecule has 1 amide bonds. The van der Waals surface area contributed by atoms with E-state index in [-0.39, 0.29) is 11.9 Å². The maximum absolute atomic E-state index is 11.7. The number of aromatic nitrogens is 1. The van der Waals surface area contributed by atoms with Crippen LogP contribution < -0.4 is 15.4 Å². The topological polar surface area (TPSA) is 92.7 Å². The maximum Gasteiger partial charge on any atom is 0.218 e. The fourth-order valence-corrected chi connectivity index (χ4v) is 4.50. The smallest absolute Gasteiger partial charge is 0.218 e. The van der Waals surface area contributed by atoms with Crippen molar-refractivity contribution in [2.75, 3.05) is 19.8 Å². The lowest BCUT2D eigenvalue weighted by Gasteiger charge is -2.39. The van der Waals surface area contributed by atoms with Gasteiger partial charge in [0.05, 0.1) is 30.4 Å². The van der Waals surface area contributed by atoms with E-state index in [4.69, 9.17) is 21.1 Å². The molecule has 2 aliphatic heterocycles. The molecule has 7 nitrogen and oxygen atoms in total. The third kappa shape index (κ3) is 5.36. The summed E-state index contributed by atoms with van der Waals surface area (Å²) >= 11 is 6.19. The minimum absolute atomic E-state index is 0.0963. The average molecular weight is 446 g/mol. The number of fused-ring (bicyclic) bond motifs is 1. The van der Waals surface area contributed by atoms with Crippen molar-refractivity contribution in [3.8, 4) is 5.88 Å². The number of carbonyl (C=O) groups is 1. The monoisotopic (exact) mass is 445 g/mol. The Morgan fingerprint density at radius 2 is 2.19 bits per heavy atom. The van der Waals surface area contributed by atoms with Crippen LogP contribution >= 0.6 is 11.6 Å². The highest BCUT2D eigenvalue weighted by Gasteiger charge is 2.45. The summed E-state index contributed by atoms with van der Waals surface area (Å²) in [6.45, 7) is 2.93. The van der Waals surface area contributed by atoms with Crippen molar-refractivity contribution in [3.05, 3.63) is 58.7 Å². The second-order valence-electron chi connectivity index (χ2n) is 8.36. The molecule has 8 heteroatoms. The Kier molecular flexibility index (Phi) is 6.77. The van der Waals surface area contributed by atoms with Gasteiger partial charge in [0.2, 0.25) is 11.8 Å². The van der Waals surface area contributed by atoms with Crippen molar-refractivity contribution >= 4 is 17.5 Å². The fraction of sp³-hybridized carbons (Fsp3) is 0.478. The van der Waals surface area contributed by atoms with Crippen LogP contribution in [0.5, 0.6) is 5.88 Å². The number of nitrogens with one attached hydrogen (secondary N) is 2. The number of halogens is 1. The molecule has 2 aromatic rings. The molecule has 0 saturated carbocycles. The number of nitrogens with zero attached hydrogens (tertiary/aromatic N) is 1. The van der Waals surface area contributed by atoms with E-state index in [0.717, 1.165) is 17.5 Å². The van der Waals surface area contributed by atoms with Gasteiger partial charge in [0.15, 0.2) is 0 Å². The number of carbonyl (C=O) groups excluding carboxylic acids is 1. The summed E-state index contributed by atoms with van der Waals surface area (Å²) < 4.78 is 11.8. The van der Waals surface area contributed by atoms with Crippen LogP contribution in [0.2, 0.25) is 5.02 Å². The number of hydrogen-bond donors (Lipinski definition) is 3. The Labute approximate surface area is 187 Å². The summed E-state index contributed by atoms with van der Waals surface area (Å²) in [5, 5.41) is 17.8. The van der Waals surface area contributed by atoms with Gasteiger partial charge in [-0.3, -0.25) is 4.79 Å². The van der Waals surface area contributed by atoms with E-state index in [0.29, 0.717) is 43.5 Å². The lowest BCUT2D eigenvalue weighted by molar-refractivity contribution is -0.120. The molecule has 0 aliphatic carbocycles. The molecule has 1 spiro atoms. The summed E-state index contributed by atoms with van der Waals surface area (Å²) in [4.78, 5) is 16.1. The minimum atomic E-state index is -0.779. The van der Waals surface area contributed by atoms with Gasteiger partial charge >= 0.3 is 0 Å². The van der Waals surface area contributed by atoms with Gasteiger partial charge in [0, 0.05) is 44.1 Å². The number of pyridine rings is 1. The Morgan fingerprint density at radius 3 is 2.90 bits per heavy atom. The van der Waals surface area contributed by atoms with Gasteiger partial charge in [0.25, 0.3) is 0 Å². The Bertz CT molecular complexity index is 905. The first-order chi connectivity index (χ1) is 14.9. The van der Waals surface area contributed by atoms with E-state index >= 15 is 0 Å². The molecule has 1 fully saturated rings. The zero-order valence-electron chi connectivity index (χ0n) is 17.5. The lowest BCUT2D eigenvalue weighted by atomic mass is 9.87. The molecule has 3 heterocycles. The standard InChI is InChI=1S/C23H28ClN3O4/c1-15(28)27-19(9-16-5-3-2-4-6-16)21(29)13-25-20-11-23(7-8-30-14-23)31-22-18(20)10-17(24)12-26-22/h2-6,10,12,19-21,25,29H,7-9,11,13-14H2,1H3,(H,27,28)/t19-,20-,21+,23-/m0/s1. The minimum Gasteiger partial charge on any atom is -0.468 e. The summed E-state index contributed by atoms with van der Waals surface area (Å²) in [5.74, 6) is 0.380. The first kappa shape index (κ1) is 22.0. The molecular formula is C23H28ClN3O4. The van der Waals surface area contributed by atoms with Gasteiger partial charge in [-0.2, -0.15) is 0 Å². The third-order valence-corrected chi connectivity index (χ3v) is 6.11. The summed E-state index contributed by atoms with van der Waals surface area (Å²) in [7, 11) is 0. The largest absolute Gasteiger partial charge is 0.468 e. The highest BCUT2D eigenvalue weighted by atomic mass is 35.5. The van der Waals surface area contributed by atoms with E-state index in [9.17, 15) is 9.90 Å². The Hall–Kier alpha value is -2.19. The number of hydrogen-bond acceptors (Lipinski definition) is 6. The molecule has 0 radical (unpaired) electrons. The molecule has 166 valence electrons. The Balaban J connectivity index is 1.48. The van der Waals surface area contributed by atoms with Gasteiger partial charge in [-0.15, -0.1) is 0 Å². The van der Waals surface area contributed by atoms with Gasteiger partial charge < -0.3 is 25.2 Å². The third-order valence-electron chi connectivity index (χ3n) is 5.90. The SMILES string of the molecule is CC(=O)N[C@@H](Cc1ccccc1)[C@H](O)CN[C@H]1C[C@]2(CCOC2)Oc2ncc(Cl)cc21. The predicted octanol–water partition coefficient (Wildman–Crippen LogP) is 2.42. The summed E-state index contributed by atoms with van der Waals surface area (Å²) in [6, 6.07) is 11.2. The number of amides is 1. The van der Waals surface area contributed by atoms with Gasteiger partial charge in [-0.1, -0.05) is 41.9 Å². The van der Waals surface area contributed by atoms with Crippen LogP contribution in [0.3, 0.4) is 0 Å². The van der Waals surface area contributed by atoms with Crippen LogP contribution in [0, 0.1) is 0 Å². The maximum atomic E-state index is 11.7. The molecule has 0 bridgehead atoms. The second kappa shape index (κ2) is 9.53. The van der Waals surface area contributed by atoms with Gasteiger partial charge in [0.1, 0.15) is 5.60 Å². The van der Waals surface area contributed by atoms with Crippen LogP contribution in [0.1, 0.15) is 36.9 Å². The Morgan fingerprint density at radius 1 is 1.39 bits per heavy atom. The normalized spacial score (nSPS) is 24.3. The van der Waals surface area contributed by atoms with Crippen molar-refractivity contribution in [1.82, 2.24) is 15.6 Å². The molecule has 4 rings (SSSR count). The van der Waals surface area contributed by atoms with E-state index in [1.165, 1.54) is 6.92 Å². The summed E-state index contributed by atoms with van der Waals surface area (Å²) in [5.41, 5.74) is 1.50. The molecule has 1 aromatic heterocycles. The van der Waals surface area contributed by atoms with Crippen LogP contribution in [0.15, 0.2) is 42.6 Å². The molecule has 1 saturated heterocycles. The van der Waals surface area contributed by atoms with Crippen LogP contribution in [0.4, 0.5) is 0 Å². The quantitative estimate of drug-likeness (QED) is 0.606. The van der Waals surface area contributed by atoms with Crippen molar-refractivity contribution in [2.24, 2.45) is 0 Å². The predicted molar refractivity (Wildman–Crippen MR) is 117 cm³/mol. The second-order valence-corrected chi connectivity index (χ2v) is 8.80. The number of aliphatic hydroxyl groups is 1. The van der Waals surface area contributed by atoms with Gasteiger partial charge in [-0.25, -0.2) is 4.98 Å². The highest BCUT2D eigenvalue weighted by Crippen LogP contribution is 2.42. The van der Waals surface area contributed by atoms with Crippen molar-refractivity contribution < 1.29 is 19.4 Å². The van der Waals surface area contributed by atoms with E-state index in [1.54, 1.807) is 6.20 Å². The zero-order chi connectivity index (χ0) is 21.8. The van der Waals surface area contributed by atoms with Gasteiger partial charge in [-0.05, 0) is 18.1 Å². The van der Waals surface area contributed by atoms with Crippen LogP contribution in [0.25, 0.3) is 0 Å². The van der Waals surface area contributed by atoms with Crippen LogP contribution in [-0.2, 0) is 16.0 Å². The highest BCUT2D eigenvalue weighted by molar-refractivity contribution is 6.30. The molecule has 2 aliphatic rings. The first-order valence-corrected chi connectivity index (χ1v) is 11.0. The molecule has 4 atom stereocenters. The number of rotatable bonds is 7. The molecule has 3 N–H and O–H groups in total. The average Bonchev–Trinajstić information content (AvgIpc) is 3.19. The summed E-state index contributed by atoms with van der Waals surface area (Å²) in [6.07, 6.45) is 2.82. The number of benzene rings is 1. The van der Waals surface area contributed by atoms with E-state index in [2.05, 4.69) is 15.6 Å². The molecule has 0 unspecified atom stereocenters. The van der Waals surface area contributed by atoms with Crippen molar-refractivity contribution in [3.63, 3.8) is 0 Å².